The maximum Gasteiger partial charge on any atom is 0.0611 e. The van der Waals surface area contributed by atoms with Gasteiger partial charge in [-0.3, -0.25) is 4.68 Å². The standard InChI is InChI=1S/C12H23N3O/c1-5-13-12(4,9-16)6-7-15-11(3)8-10(2)14-15/h8,13,16H,5-7,9H2,1-4H3. The summed E-state index contributed by atoms with van der Waals surface area (Å²) in [6.45, 7) is 10.0. The molecular weight excluding hydrogens is 202 g/mol. The zero-order valence-electron chi connectivity index (χ0n) is 10.7. The van der Waals surface area contributed by atoms with Crippen LogP contribution in [0.4, 0.5) is 0 Å². The molecule has 1 unspecified atom stereocenters. The number of hydrogen-bond donors (Lipinski definition) is 2. The quantitative estimate of drug-likeness (QED) is 0.766. The Kier molecular flexibility index (Phi) is 4.50. The zero-order chi connectivity index (χ0) is 12.2. The lowest BCUT2D eigenvalue weighted by atomic mass is 9.99. The van der Waals surface area contributed by atoms with Crippen LogP contribution in [0.25, 0.3) is 0 Å². The molecule has 0 amide bonds. The van der Waals surface area contributed by atoms with Crippen molar-refractivity contribution in [1.29, 1.82) is 0 Å². The molecular formula is C12H23N3O. The number of aliphatic hydroxyl groups excluding tert-OH is 1. The second-order valence-electron chi connectivity index (χ2n) is 4.65. The van der Waals surface area contributed by atoms with Gasteiger partial charge >= 0.3 is 0 Å². The summed E-state index contributed by atoms with van der Waals surface area (Å²) < 4.78 is 2.00. The van der Waals surface area contributed by atoms with Gasteiger partial charge in [0.2, 0.25) is 0 Å². The average molecular weight is 225 g/mol. The topological polar surface area (TPSA) is 50.1 Å². The van der Waals surface area contributed by atoms with Crippen molar-refractivity contribution in [3.05, 3.63) is 17.5 Å². The summed E-state index contributed by atoms with van der Waals surface area (Å²) in [5, 5.41) is 17.1. The third-order valence-electron chi connectivity index (χ3n) is 2.93. The molecule has 4 nitrogen and oxygen atoms in total. The molecule has 92 valence electrons. The summed E-state index contributed by atoms with van der Waals surface area (Å²) in [4.78, 5) is 0. The monoisotopic (exact) mass is 225 g/mol. The van der Waals surface area contributed by atoms with Gasteiger partial charge in [0.05, 0.1) is 12.3 Å². The second-order valence-corrected chi connectivity index (χ2v) is 4.65. The predicted molar refractivity (Wildman–Crippen MR) is 65.5 cm³/mol. The van der Waals surface area contributed by atoms with Crippen molar-refractivity contribution in [3.63, 3.8) is 0 Å². The van der Waals surface area contributed by atoms with Gasteiger partial charge in [-0.1, -0.05) is 6.92 Å². The smallest absolute Gasteiger partial charge is 0.0611 e. The number of aromatic nitrogens is 2. The van der Waals surface area contributed by atoms with E-state index in [1.54, 1.807) is 0 Å². The van der Waals surface area contributed by atoms with Crippen molar-refractivity contribution in [3.8, 4) is 0 Å². The van der Waals surface area contributed by atoms with Crippen molar-refractivity contribution in [1.82, 2.24) is 15.1 Å². The largest absolute Gasteiger partial charge is 0.394 e. The van der Waals surface area contributed by atoms with Crippen LogP contribution in [-0.2, 0) is 6.54 Å². The molecule has 1 heterocycles. The Bertz CT molecular complexity index is 335. The van der Waals surface area contributed by atoms with Crippen LogP contribution >= 0.6 is 0 Å². The summed E-state index contributed by atoms with van der Waals surface area (Å²) >= 11 is 0. The molecule has 0 radical (unpaired) electrons. The van der Waals surface area contributed by atoms with Crippen molar-refractivity contribution in [2.45, 2.75) is 46.2 Å². The fourth-order valence-corrected chi connectivity index (χ4v) is 1.90. The predicted octanol–water partition coefficient (Wildman–Crippen LogP) is 1.25. The molecule has 1 aromatic rings. The van der Waals surface area contributed by atoms with E-state index in [2.05, 4.69) is 30.3 Å². The minimum Gasteiger partial charge on any atom is -0.394 e. The molecule has 16 heavy (non-hydrogen) atoms. The molecule has 0 saturated heterocycles. The summed E-state index contributed by atoms with van der Waals surface area (Å²) in [6.07, 6.45) is 0.874. The van der Waals surface area contributed by atoms with E-state index in [-0.39, 0.29) is 12.1 Å². The van der Waals surface area contributed by atoms with Crippen LogP contribution in [-0.4, -0.2) is 33.6 Å². The Morgan fingerprint density at radius 3 is 2.62 bits per heavy atom. The van der Waals surface area contributed by atoms with Crippen LogP contribution < -0.4 is 5.32 Å². The highest BCUT2D eigenvalue weighted by atomic mass is 16.3. The number of nitrogens with zero attached hydrogens (tertiary/aromatic N) is 2. The van der Waals surface area contributed by atoms with Crippen LogP contribution in [0.1, 0.15) is 31.7 Å². The van der Waals surface area contributed by atoms with Crippen LogP contribution in [0, 0.1) is 13.8 Å². The van der Waals surface area contributed by atoms with Gasteiger partial charge in [0, 0.05) is 17.8 Å². The van der Waals surface area contributed by atoms with Crippen LogP contribution in [0.5, 0.6) is 0 Å². The molecule has 0 fully saturated rings. The number of rotatable bonds is 6. The molecule has 2 N–H and O–H groups in total. The molecule has 0 bridgehead atoms. The molecule has 0 spiro atoms. The fourth-order valence-electron chi connectivity index (χ4n) is 1.90. The molecule has 0 aliphatic heterocycles. The highest BCUT2D eigenvalue weighted by Gasteiger charge is 2.21. The van der Waals surface area contributed by atoms with E-state index in [1.165, 1.54) is 5.69 Å². The van der Waals surface area contributed by atoms with Gasteiger partial charge in [-0.05, 0) is 39.8 Å². The van der Waals surface area contributed by atoms with Crippen LogP contribution in [0.3, 0.4) is 0 Å². The third kappa shape index (κ3) is 3.32. The van der Waals surface area contributed by atoms with Gasteiger partial charge in [0.15, 0.2) is 0 Å². The van der Waals surface area contributed by atoms with Crippen LogP contribution in [0.2, 0.25) is 0 Å². The minimum absolute atomic E-state index is 0.153. The van der Waals surface area contributed by atoms with Gasteiger partial charge < -0.3 is 10.4 Å². The minimum atomic E-state index is -0.207. The van der Waals surface area contributed by atoms with Crippen molar-refractivity contribution < 1.29 is 5.11 Å². The maximum absolute atomic E-state index is 9.38. The Hall–Kier alpha value is -0.870. The molecule has 0 saturated carbocycles. The van der Waals surface area contributed by atoms with Crippen molar-refractivity contribution in [2.75, 3.05) is 13.2 Å². The lowest BCUT2D eigenvalue weighted by molar-refractivity contribution is 0.161. The molecule has 4 heteroatoms. The lowest BCUT2D eigenvalue weighted by Gasteiger charge is -2.28. The summed E-state index contributed by atoms with van der Waals surface area (Å²) in [7, 11) is 0. The van der Waals surface area contributed by atoms with E-state index in [0.29, 0.717) is 0 Å². The van der Waals surface area contributed by atoms with Crippen LogP contribution in [0.15, 0.2) is 6.07 Å². The maximum atomic E-state index is 9.38. The van der Waals surface area contributed by atoms with Gasteiger partial charge in [0.1, 0.15) is 0 Å². The van der Waals surface area contributed by atoms with E-state index >= 15 is 0 Å². The summed E-state index contributed by atoms with van der Waals surface area (Å²) in [6, 6.07) is 2.07. The summed E-state index contributed by atoms with van der Waals surface area (Å²) in [5.74, 6) is 0. The Morgan fingerprint density at radius 2 is 2.19 bits per heavy atom. The normalized spacial score (nSPS) is 15.1. The van der Waals surface area contributed by atoms with E-state index in [9.17, 15) is 5.11 Å². The first-order chi connectivity index (χ1) is 7.50. The first-order valence-corrected chi connectivity index (χ1v) is 5.87. The molecule has 1 atom stereocenters. The molecule has 0 aliphatic carbocycles. The molecule has 0 aliphatic rings. The average Bonchev–Trinajstić information content (AvgIpc) is 2.55. The van der Waals surface area contributed by atoms with Gasteiger partial charge in [-0.2, -0.15) is 5.10 Å². The molecule has 1 rings (SSSR count). The number of likely N-dealkylation sites (N-methyl/N-ethyl adjacent to an activating group) is 1. The molecule has 0 aromatic carbocycles. The number of hydrogen-bond acceptors (Lipinski definition) is 3. The van der Waals surface area contributed by atoms with Crippen molar-refractivity contribution in [2.24, 2.45) is 0 Å². The third-order valence-corrected chi connectivity index (χ3v) is 2.93. The second kappa shape index (κ2) is 5.46. The van der Waals surface area contributed by atoms with Crippen molar-refractivity contribution >= 4 is 0 Å². The lowest BCUT2D eigenvalue weighted by Crippen LogP contribution is -2.46. The highest BCUT2D eigenvalue weighted by Crippen LogP contribution is 2.11. The fraction of sp³-hybridized carbons (Fsp3) is 0.750. The highest BCUT2D eigenvalue weighted by molar-refractivity contribution is 5.06. The number of aliphatic hydroxyl groups is 1. The van der Waals surface area contributed by atoms with E-state index in [0.717, 1.165) is 25.2 Å². The SMILES string of the molecule is CCNC(C)(CO)CCn1nc(C)cc1C. The molecule has 1 aromatic heterocycles. The van der Waals surface area contributed by atoms with Gasteiger partial charge in [-0.15, -0.1) is 0 Å². The number of nitrogens with one attached hydrogen (secondary N) is 1. The van der Waals surface area contributed by atoms with E-state index in [1.807, 2.05) is 18.5 Å². The Balaban J connectivity index is 2.59. The number of aryl methyl sites for hydroxylation is 3. The first kappa shape index (κ1) is 13.2. The van der Waals surface area contributed by atoms with E-state index in [4.69, 9.17) is 0 Å². The Morgan fingerprint density at radius 1 is 1.50 bits per heavy atom. The van der Waals surface area contributed by atoms with Gasteiger partial charge in [0.25, 0.3) is 0 Å². The van der Waals surface area contributed by atoms with Gasteiger partial charge in [-0.25, -0.2) is 0 Å². The zero-order valence-corrected chi connectivity index (χ0v) is 10.7. The Labute approximate surface area is 97.7 Å². The first-order valence-electron chi connectivity index (χ1n) is 5.87. The summed E-state index contributed by atoms with van der Waals surface area (Å²) in [5.41, 5.74) is 2.02. The van der Waals surface area contributed by atoms with E-state index < -0.39 is 0 Å².